The lowest BCUT2D eigenvalue weighted by Gasteiger charge is -2.17. The summed E-state index contributed by atoms with van der Waals surface area (Å²) in [6.45, 7) is 7.67. The van der Waals surface area contributed by atoms with Gasteiger partial charge in [-0.25, -0.2) is 8.42 Å². The predicted molar refractivity (Wildman–Crippen MR) is 125 cm³/mol. The van der Waals surface area contributed by atoms with Gasteiger partial charge in [0.2, 0.25) is 0 Å². The molecule has 3 aromatic rings. The zero-order valence-electron chi connectivity index (χ0n) is 18.3. The molecule has 6 heteroatoms. The van der Waals surface area contributed by atoms with Crippen molar-refractivity contribution in [3.8, 4) is 0 Å². The molecule has 3 aromatic carbocycles. The van der Waals surface area contributed by atoms with Gasteiger partial charge in [0.05, 0.1) is 16.6 Å². The normalized spacial score (nSPS) is 12.3. The predicted octanol–water partition coefficient (Wildman–Crippen LogP) is 5.16. The molecule has 1 atom stereocenters. The molecule has 0 radical (unpaired) electrons. The van der Waals surface area contributed by atoms with Crippen LogP contribution < -0.4 is 10.0 Å². The molecule has 0 aliphatic heterocycles. The molecule has 0 aliphatic rings. The maximum Gasteiger partial charge on any atom is 0.261 e. The van der Waals surface area contributed by atoms with E-state index in [4.69, 9.17) is 0 Å². The van der Waals surface area contributed by atoms with Crippen LogP contribution in [0.3, 0.4) is 0 Å². The second-order valence-corrected chi connectivity index (χ2v) is 9.37. The first-order valence-corrected chi connectivity index (χ1v) is 11.8. The molecule has 0 spiro atoms. The van der Waals surface area contributed by atoms with E-state index in [1.807, 2.05) is 26.0 Å². The third-order valence-corrected chi connectivity index (χ3v) is 6.77. The van der Waals surface area contributed by atoms with Gasteiger partial charge in [0.15, 0.2) is 0 Å². The maximum absolute atomic E-state index is 12.9. The Hall–Kier alpha value is -3.12. The van der Waals surface area contributed by atoms with Crippen molar-refractivity contribution in [2.45, 2.75) is 45.1 Å². The zero-order chi connectivity index (χ0) is 22.6. The number of rotatable bonds is 7. The average Bonchev–Trinajstić information content (AvgIpc) is 2.75. The van der Waals surface area contributed by atoms with E-state index in [1.165, 1.54) is 5.56 Å². The van der Waals surface area contributed by atoms with Crippen LogP contribution >= 0.6 is 0 Å². The number of nitrogens with one attached hydrogen (secondary N) is 2. The van der Waals surface area contributed by atoms with Crippen LogP contribution in [0.2, 0.25) is 0 Å². The van der Waals surface area contributed by atoms with Crippen molar-refractivity contribution in [1.82, 2.24) is 5.32 Å². The Morgan fingerprint density at radius 1 is 0.935 bits per heavy atom. The monoisotopic (exact) mass is 436 g/mol. The van der Waals surface area contributed by atoms with Crippen molar-refractivity contribution in [3.63, 3.8) is 0 Å². The standard InChI is InChI=1S/C25H28N2O3S/c1-5-20-11-13-21(14-12-20)19(4)26-25(28)23-7-6-8-24(18(23)3)27-31(29,30)22-15-9-17(2)10-16-22/h6-16,19,27H,5H2,1-4H3,(H,26,28)/t19-/m0/s1. The summed E-state index contributed by atoms with van der Waals surface area (Å²) in [5.41, 5.74) is 4.62. The van der Waals surface area contributed by atoms with Gasteiger partial charge in [0.1, 0.15) is 0 Å². The molecule has 0 heterocycles. The topological polar surface area (TPSA) is 75.3 Å². The van der Waals surface area contributed by atoms with Crippen LogP contribution in [0.5, 0.6) is 0 Å². The first-order valence-electron chi connectivity index (χ1n) is 10.3. The maximum atomic E-state index is 12.9. The number of carbonyl (C=O) groups is 1. The number of hydrogen-bond acceptors (Lipinski definition) is 3. The lowest BCUT2D eigenvalue weighted by atomic mass is 10.0. The summed E-state index contributed by atoms with van der Waals surface area (Å²) in [6.07, 6.45) is 0.964. The van der Waals surface area contributed by atoms with Crippen molar-refractivity contribution in [3.05, 3.63) is 94.5 Å². The fourth-order valence-corrected chi connectivity index (χ4v) is 4.44. The molecule has 3 rings (SSSR count). The largest absolute Gasteiger partial charge is 0.346 e. The summed E-state index contributed by atoms with van der Waals surface area (Å²) in [6, 6.07) is 19.6. The van der Waals surface area contributed by atoms with Gasteiger partial charge in [-0.2, -0.15) is 0 Å². The molecular weight excluding hydrogens is 408 g/mol. The van der Waals surface area contributed by atoms with Crippen LogP contribution in [-0.2, 0) is 16.4 Å². The Morgan fingerprint density at radius 2 is 1.58 bits per heavy atom. The number of anilines is 1. The van der Waals surface area contributed by atoms with Gasteiger partial charge >= 0.3 is 0 Å². The summed E-state index contributed by atoms with van der Waals surface area (Å²) in [4.78, 5) is 13.1. The van der Waals surface area contributed by atoms with E-state index in [9.17, 15) is 13.2 Å². The number of hydrogen-bond donors (Lipinski definition) is 2. The first kappa shape index (κ1) is 22.6. The van der Waals surface area contributed by atoms with Gasteiger partial charge in [0.25, 0.3) is 15.9 Å². The number of amides is 1. The highest BCUT2D eigenvalue weighted by molar-refractivity contribution is 7.92. The molecule has 31 heavy (non-hydrogen) atoms. The van der Waals surface area contributed by atoms with E-state index >= 15 is 0 Å². The minimum absolute atomic E-state index is 0.175. The minimum atomic E-state index is -3.75. The van der Waals surface area contributed by atoms with Crippen LogP contribution in [0.1, 0.15) is 52.5 Å². The van der Waals surface area contributed by atoms with Crippen molar-refractivity contribution in [2.24, 2.45) is 0 Å². The Labute approximate surface area is 184 Å². The summed E-state index contributed by atoms with van der Waals surface area (Å²) in [5.74, 6) is -0.249. The molecule has 0 aliphatic carbocycles. The van der Waals surface area contributed by atoms with Gasteiger partial charge in [-0.05, 0) is 68.1 Å². The quantitative estimate of drug-likeness (QED) is 0.537. The zero-order valence-corrected chi connectivity index (χ0v) is 19.1. The van der Waals surface area contributed by atoms with Gasteiger partial charge in [-0.1, -0.05) is 55.0 Å². The fourth-order valence-electron chi connectivity index (χ4n) is 3.31. The molecule has 0 unspecified atom stereocenters. The van der Waals surface area contributed by atoms with Crippen molar-refractivity contribution in [1.29, 1.82) is 0 Å². The SMILES string of the molecule is CCc1ccc([C@H](C)NC(=O)c2cccc(NS(=O)(=O)c3ccc(C)cc3)c2C)cc1. The van der Waals surface area contributed by atoms with E-state index in [0.29, 0.717) is 16.8 Å². The van der Waals surface area contributed by atoms with E-state index in [-0.39, 0.29) is 16.8 Å². The molecule has 2 N–H and O–H groups in total. The van der Waals surface area contributed by atoms with Crippen LogP contribution in [-0.4, -0.2) is 14.3 Å². The van der Waals surface area contributed by atoms with E-state index in [1.54, 1.807) is 49.4 Å². The Morgan fingerprint density at radius 3 is 2.19 bits per heavy atom. The molecule has 0 saturated heterocycles. The third kappa shape index (κ3) is 5.33. The number of benzene rings is 3. The van der Waals surface area contributed by atoms with Gasteiger partial charge in [-0.3, -0.25) is 9.52 Å². The molecule has 0 saturated carbocycles. The molecule has 0 aromatic heterocycles. The van der Waals surface area contributed by atoms with Crippen LogP contribution in [0.25, 0.3) is 0 Å². The van der Waals surface area contributed by atoms with Crippen molar-refractivity contribution in [2.75, 3.05) is 4.72 Å². The first-order chi connectivity index (χ1) is 14.7. The summed E-state index contributed by atoms with van der Waals surface area (Å²) in [7, 11) is -3.75. The molecular formula is C25H28N2O3S. The molecule has 0 fully saturated rings. The van der Waals surface area contributed by atoms with Crippen molar-refractivity contribution >= 4 is 21.6 Å². The van der Waals surface area contributed by atoms with Gasteiger partial charge in [0, 0.05) is 5.56 Å². The van der Waals surface area contributed by atoms with Crippen LogP contribution in [0.15, 0.2) is 71.6 Å². The van der Waals surface area contributed by atoms with E-state index < -0.39 is 10.0 Å². The highest BCUT2D eigenvalue weighted by Gasteiger charge is 2.19. The number of sulfonamides is 1. The summed E-state index contributed by atoms with van der Waals surface area (Å²) >= 11 is 0. The third-order valence-electron chi connectivity index (χ3n) is 5.39. The average molecular weight is 437 g/mol. The number of aryl methyl sites for hydroxylation is 2. The highest BCUT2D eigenvalue weighted by Crippen LogP contribution is 2.24. The van der Waals surface area contributed by atoms with Gasteiger partial charge < -0.3 is 5.32 Å². The van der Waals surface area contributed by atoms with Crippen LogP contribution in [0, 0.1) is 13.8 Å². The fraction of sp³-hybridized carbons (Fsp3) is 0.240. The highest BCUT2D eigenvalue weighted by atomic mass is 32.2. The lowest BCUT2D eigenvalue weighted by Crippen LogP contribution is -2.27. The van der Waals surface area contributed by atoms with E-state index in [0.717, 1.165) is 17.5 Å². The molecule has 1 amide bonds. The van der Waals surface area contributed by atoms with Crippen molar-refractivity contribution < 1.29 is 13.2 Å². The second kappa shape index (κ2) is 9.35. The molecule has 162 valence electrons. The van der Waals surface area contributed by atoms with E-state index in [2.05, 4.69) is 29.1 Å². The Bertz CT molecular complexity index is 1170. The smallest absolute Gasteiger partial charge is 0.261 e. The van der Waals surface area contributed by atoms with Gasteiger partial charge in [-0.15, -0.1) is 0 Å². The summed E-state index contributed by atoms with van der Waals surface area (Å²) < 4.78 is 28.1. The molecule has 5 nitrogen and oxygen atoms in total. The summed E-state index contributed by atoms with van der Waals surface area (Å²) in [5, 5.41) is 3.00. The van der Waals surface area contributed by atoms with Crippen LogP contribution in [0.4, 0.5) is 5.69 Å². The second-order valence-electron chi connectivity index (χ2n) is 7.69. The Balaban J connectivity index is 1.79. The Kier molecular flexibility index (Phi) is 6.81. The minimum Gasteiger partial charge on any atom is -0.346 e. The lowest BCUT2D eigenvalue weighted by molar-refractivity contribution is 0.0939. The number of carbonyl (C=O) groups excluding carboxylic acids is 1. The molecule has 0 bridgehead atoms.